The molecule has 1 N–H and O–H groups in total. The van der Waals surface area contributed by atoms with E-state index in [1.54, 1.807) is 11.3 Å². The number of hydrogen-bond donors (Lipinski definition) is 1. The molecule has 0 aromatic carbocycles. The summed E-state index contributed by atoms with van der Waals surface area (Å²) < 4.78 is 0. The molecule has 0 bridgehead atoms. The quantitative estimate of drug-likeness (QED) is 0.825. The maximum Gasteiger partial charge on any atom is 0.142 e. The Kier molecular flexibility index (Phi) is 4.23. The highest BCUT2D eigenvalue weighted by Gasteiger charge is 2.09. The van der Waals surface area contributed by atoms with Crippen LogP contribution < -0.4 is 5.32 Å². The molecule has 2 heterocycles. The van der Waals surface area contributed by atoms with Crippen molar-refractivity contribution in [3.63, 3.8) is 0 Å². The molecule has 90 valence electrons. The summed E-state index contributed by atoms with van der Waals surface area (Å²) in [5, 5.41) is 4.20. The van der Waals surface area contributed by atoms with Crippen LogP contribution in [0.3, 0.4) is 0 Å². The van der Waals surface area contributed by atoms with Crippen molar-refractivity contribution >= 4 is 11.3 Å². The Bertz CT molecular complexity index is 465. The Morgan fingerprint density at radius 3 is 2.94 bits per heavy atom. The molecule has 0 saturated carbocycles. The van der Waals surface area contributed by atoms with Crippen molar-refractivity contribution in [1.82, 2.24) is 15.3 Å². The fourth-order valence-corrected chi connectivity index (χ4v) is 2.77. The zero-order valence-corrected chi connectivity index (χ0v) is 11.0. The van der Waals surface area contributed by atoms with Crippen LogP contribution in [0.4, 0.5) is 0 Å². The number of hydrogen-bond acceptors (Lipinski definition) is 4. The van der Waals surface area contributed by atoms with Crippen molar-refractivity contribution in [3.8, 4) is 10.7 Å². The Morgan fingerprint density at radius 1 is 1.35 bits per heavy atom. The molecule has 0 unspecified atom stereocenters. The molecule has 0 aliphatic heterocycles. The molecule has 3 nitrogen and oxygen atoms in total. The largest absolute Gasteiger partial charge is 0.320 e. The minimum atomic E-state index is 0.973. The molecule has 0 saturated heterocycles. The van der Waals surface area contributed by atoms with E-state index in [1.165, 1.54) is 4.88 Å². The summed E-state index contributed by atoms with van der Waals surface area (Å²) in [4.78, 5) is 10.3. The van der Waals surface area contributed by atoms with Crippen molar-refractivity contribution in [2.24, 2.45) is 0 Å². The van der Waals surface area contributed by atoms with E-state index >= 15 is 0 Å². The van der Waals surface area contributed by atoms with Gasteiger partial charge in [-0.15, -0.1) is 11.3 Å². The van der Waals surface area contributed by atoms with Gasteiger partial charge in [-0.25, -0.2) is 4.98 Å². The molecular weight excluding hydrogens is 230 g/mol. The lowest BCUT2D eigenvalue weighted by Crippen LogP contribution is -2.08. The second-order valence-corrected chi connectivity index (χ2v) is 5.03. The molecule has 0 aliphatic carbocycles. The summed E-state index contributed by atoms with van der Waals surface area (Å²) in [6.07, 6.45) is 4.06. The fraction of sp³-hybridized carbons (Fsp3) is 0.385. The Balaban J connectivity index is 2.13. The monoisotopic (exact) mass is 247 g/mol. The van der Waals surface area contributed by atoms with Gasteiger partial charge in [-0.3, -0.25) is 4.98 Å². The molecule has 0 atom stereocenters. The summed E-state index contributed by atoms with van der Waals surface area (Å²) >= 11 is 1.76. The second kappa shape index (κ2) is 5.89. The maximum absolute atomic E-state index is 4.60. The average Bonchev–Trinajstić information content (AvgIpc) is 2.73. The predicted molar refractivity (Wildman–Crippen MR) is 72.3 cm³/mol. The van der Waals surface area contributed by atoms with E-state index < -0.39 is 0 Å². The van der Waals surface area contributed by atoms with Crippen LogP contribution in [0.25, 0.3) is 10.7 Å². The lowest BCUT2D eigenvalue weighted by atomic mass is 10.2. The molecule has 0 fully saturated rings. The number of nitrogens with zero attached hydrogens (tertiary/aromatic N) is 2. The van der Waals surface area contributed by atoms with Crippen LogP contribution in [-0.2, 0) is 6.42 Å². The van der Waals surface area contributed by atoms with Gasteiger partial charge in [0.25, 0.3) is 0 Å². The summed E-state index contributed by atoms with van der Waals surface area (Å²) in [5.74, 6) is 0. The second-order valence-electron chi connectivity index (χ2n) is 3.95. The highest BCUT2D eigenvalue weighted by atomic mass is 32.1. The molecule has 0 aliphatic rings. The van der Waals surface area contributed by atoms with Gasteiger partial charge in [-0.1, -0.05) is 6.07 Å². The van der Waals surface area contributed by atoms with Crippen molar-refractivity contribution in [3.05, 3.63) is 35.0 Å². The van der Waals surface area contributed by atoms with Crippen LogP contribution >= 0.6 is 11.3 Å². The van der Waals surface area contributed by atoms with Gasteiger partial charge in [-0.2, -0.15) is 0 Å². The number of pyridine rings is 1. The first-order valence-electron chi connectivity index (χ1n) is 5.83. The van der Waals surface area contributed by atoms with Gasteiger partial charge in [0, 0.05) is 11.1 Å². The topological polar surface area (TPSA) is 37.8 Å². The van der Waals surface area contributed by atoms with Gasteiger partial charge in [0.05, 0.1) is 11.4 Å². The SMILES string of the molecule is CNCCCc1sc(-c2ccccn2)nc1C. The zero-order chi connectivity index (χ0) is 12.1. The molecule has 17 heavy (non-hydrogen) atoms. The van der Waals surface area contributed by atoms with Gasteiger partial charge in [0.2, 0.25) is 0 Å². The Labute approximate surface area is 106 Å². The minimum Gasteiger partial charge on any atom is -0.320 e. The fourth-order valence-electron chi connectivity index (χ4n) is 1.68. The third kappa shape index (κ3) is 3.11. The summed E-state index contributed by atoms with van der Waals surface area (Å²) in [6, 6.07) is 5.94. The van der Waals surface area contributed by atoms with Crippen LogP contribution in [0.1, 0.15) is 17.0 Å². The average molecular weight is 247 g/mol. The highest BCUT2D eigenvalue weighted by molar-refractivity contribution is 7.15. The van der Waals surface area contributed by atoms with Crippen molar-refractivity contribution in [2.45, 2.75) is 19.8 Å². The van der Waals surface area contributed by atoms with Crippen LogP contribution in [0.15, 0.2) is 24.4 Å². The summed E-state index contributed by atoms with van der Waals surface area (Å²) in [5.41, 5.74) is 2.12. The van der Waals surface area contributed by atoms with Crippen LogP contribution in [0.2, 0.25) is 0 Å². The van der Waals surface area contributed by atoms with Gasteiger partial charge in [0.1, 0.15) is 5.01 Å². The standard InChI is InChI=1S/C13H17N3S/c1-10-12(7-5-8-14-2)17-13(16-10)11-6-3-4-9-15-11/h3-4,6,9,14H,5,7-8H2,1-2H3. The normalized spacial score (nSPS) is 10.7. The number of aryl methyl sites for hydroxylation is 2. The minimum absolute atomic E-state index is 0.973. The van der Waals surface area contributed by atoms with E-state index in [1.807, 2.05) is 31.4 Å². The van der Waals surface area contributed by atoms with E-state index in [0.717, 1.165) is 35.8 Å². The molecule has 0 radical (unpaired) electrons. The first kappa shape index (κ1) is 12.2. The first-order chi connectivity index (χ1) is 8.31. The van der Waals surface area contributed by atoms with Crippen LogP contribution in [-0.4, -0.2) is 23.6 Å². The van der Waals surface area contributed by atoms with E-state index in [0.29, 0.717) is 0 Å². The Morgan fingerprint density at radius 2 is 2.24 bits per heavy atom. The Hall–Kier alpha value is -1.26. The zero-order valence-electron chi connectivity index (χ0n) is 10.2. The van der Waals surface area contributed by atoms with Gasteiger partial charge < -0.3 is 5.32 Å². The van der Waals surface area contributed by atoms with E-state index in [2.05, 4.69) is 22.2 Å². The molecule has 2 aromatic heterocycles. The molecule has 0 spiro atoms. The molecule has 4 heteroatoms. The summed E-state index contributed by atoms with van der Waals surface area (Å²) in [7, 11) is 1.98. The van der Waals surface area contributed by atoms with Gasteiger partial charge >= 0.3 is 0 Å². The first-order valence-corrected chi connectivity index (χ1v) is 6.65. The van der Waals surface area contributed by atoms with Crippen LogP contribution in [0.5, 0.6) is 0 Å². The third-order valence-corrected chi connectivity index (χ3v) is 3.85. The van der Waals surface area contributed by atoms with E-state index in [9.17, 15) is 0 Å². The van der Waals surface area contributed by atoms with Crippen LogP contribution in [0, 0.1) is 6.92 Å². The molecular formula is C13H17N3S. The molecule has 2 aromatic rings. The van der Waals surface area contributed by atoms with E-state index in [-0.39, 0.29) is 0 Å². The summed E-state index contributed by atoms with van der Waals surface area (Å²) in [6.45, 7) is 3.13. The lowest BCUT2D eigenvalue weighted by molar-refractivity contribution is 0.727. The number of thiazole rings is 1. The molecule has 2 rings (SSSR count). The smallest absolute Gasteiger partial charge is 0.142 e. The van der Waals surface area contributed by atoms with Crippen molar-refractivity contribution in [1.29, 1.82) is 0 Å². The van der Waals surface area contributed by atoms with Gasteiger partial charge in [-0.05, 0) is 45.5 Å². The van der Waals surface area contributed by atoms with E-state index in [4.69, 9.17) is 0 Å². The number of aromatic nitrogens is 2. The van der Waals surface area contributed by atoms with Gasteiger partial charge in [0.15, 0.2) is 0 Å². The predicted octanol–water partition coefficient (Wildman–Crippen LogP) is 2.67. The van der Waals surface area contributed by atoms with Crippen molar-refractivity contribution in [2.75, 3.05) is 13.6 Å². The van der Waals surface area contributed by atoms with Crippen molar-refractivity contribution < 1.29 is 0 Å². The third-order valence-electron chi connectivity index (χ3n) is 2.61. The molecule has 0 amide bonds. The number of nitrogens with one attached hydrogen (secondary N) is 1. The highest BCUT2D eigenvalue weighted by Crippen LogP contribution is 2.26. The lowest BCUT2D eigenvalue weighted by Gasteiger charge is -1.97. The number of rotatable bonds is 5. The maximum atomic E-state index is 4.60.